The van der Waals surface area contributed by atoms with Crippen LogP contribution in [0.15, 0.2) is 42.6 Å². The van der Waals surface area contributed by atoms with Gasteiger partial charge in [-0.15, -0.1) is 0 Å². The van der Waals surface area contributed by atoms with Crippen molar-refractivity contribution in [2.75, 3.05) is 7.05 Å². The summed E-state index contributed by atoms with van der Waals surface area (Å²) < 4.78 is 0. The second kappa shape index (κ2) is 5.68. The largest absolute Gasteiger partial charge is 0.300 e. The SMILES string of the molecule is CN1C2CCC1CC(c1ccc(-c3ccc(Cl)cc3)cn1)C2. The van der Waals surface area contributed by atoms with Gasteiger partial charge in [0.15, 0.2) is 0 Å². The molecule has 1 aromatic carbocycles. The first kappa shape index (κ1) is 14.2. The molecule has 2 bridgehead atoms. The van der Waals surface area contributed by atoms with Gasteiger partial charge in [0.05, 0.1) is 0 Å². The highest BCUT2D eigenvalue weighted by Gasteiger charge is 2.39. The first-order chi connectivity index (χ1) is 10.7. The molecule has 2 fully saturated rings. The molecule has 1 aromatic heterocycles. The van der Waals surface area contributed by atoms with E-state index in [1.54, 1.807) is 0 Å². The second-order valence-corrected chi connectivity index (χ2v) is 7.13. The van der Waals surface area contributed by atoms with Crippen LogP contribution in [-0.2, 0) is 0 Å². The molecule has 2 aliphatic heterocycles. The van der Waals surface area contributed by atoms with Gasteiger partial charge in [-0.05, 0) is 56.5 Å². The monoisotopic (exact) mass is 312 g/mol. The molecule has 0 aliphatic carbocycles. The summed E-state index contributed by atoms with van der Waals surface area (Å²) >= 11 is 5.95. The van der Waals surface area contributed by atoms with Crippen LogP contribution in [0.1, 0.15) is 37.3 Å². The maximum Gasteiger partial charge on any atom is 0.0436 e. The van der Waals surface area contributed by atoms with Gasteiger partial charge in [0.1, 0.15) is 0 Å². The van der Waals surface area contributed by atoms with Crippen LogP contribution in [0, 0.1) is 0 Å². The van der Waals surface area contributed by atoms with E-state index in [4.69, 9.17) is 16.6 Å². The summed E-state index contributed by atoms with van der Waals surface area (Å²) in [4.78, 5) is 7.35. The minimum Gasteiger partial charge on any atom is -0.300 e. The Morgan fingerprint density at radius 1 is 0.955 bits per heavy atom. The molecular formula is C19H21ClN2. The number of hydrogen-bond donors (Lipinski definition) is 0. The summed E-state index contributed by atoms with van der Waals surface area (Å²) in [7, 11) is 2.29. The van der Waals surface area contributed by atoms with Crippen molar-refractivity contribution in [2.24, 2.45) is 0 Å². The Balaban J connectivity index is 1.54. The molecule has 2 unspecified atom stereocenters. The van der Waals surface area contributed by atoms with Crippen molar-refractivity contribution in [1.29, 1.82) is 0 Å². The number of hydrogen-bond acceptors (Lipinski definition) is 2. The third-order valence-electron chi connectivity index (χ3n) is 5.48. The predicted molar refractivity (Wildman–Crippen MR) is 91.2 cm³/mol. The Labute approximate surface area is 137 Å². The van der Waals surface area contributed by atoms with Crippen LogP contribution in [0.4, 0.5) is 0 Å². The van der Waals surface area contributed by atoms with Crippen LogP contribution >= 0.6 is 11.6 Å². The van der Waals surface area contributed by atoms with Crippen molar-refractivity contribution < 1.29 is 0 Å². The molecule has 2 nitrogen and oxygen atoms in total. The first-order valence-electron chi connectivity index (χ1n) is 8.14. The van der Waals surface area contributed by atoms with Crippen LogP contribution in [0.2, 0.25) is 5.02 Å². The fourth-order valence-electron chi connectivity index (χ4n) is 4.11. The van der Waals surface area contributed by atoms with E-state index < -0.39 is 0 Å². The minimum atomic E-state index is 0.632. The van der Waals surface area contributed by atoms with E-state index in [2.05, 4.69) is 36.2 Å². The van der Waals surface area contributed by atoms with E-state index in [-0.39, 0.29) is 0 Å². The highest BCUT2D eigenvalue weighted by atomic mass is 35.5. The smallest absolute Gasteiger partial charge is 0.0436 e. The molecule has 0 radical (unpaired) electrons. The maximum absolute atomic E-state index is 5.95. The number of nitrogens with zero attached hydrogens (tertiary/aromatic N) is 2. The molecule has 2 atom stereocenters. The number of piperidine rings is 1. The summed E-state index contributed by atoms with van der Waals surface area (Å²) in [6.07, 6.45) is 7.26. The molecule has 2 aromatic rings. The lowest BCUT2D eigenvalue weighted by Crippen LogP contribution is -2.39. The summed E-state index contributed by atoms with van der Waals surface area (Å²) in [6.45, 7) is 0. The highest BCUT2D eigenvalue weighted by Crippen LogP contribution is 2.41. The van der Waals surface area contributed by atoms with Gasteiger partial charge in [-0.2, -0.15) is 0 Å². The van der Waals surface area contributed by atoms with Crippen molar-refractivity contribution >= 4 is 11.6 Å². The zero-order valence-corrected chi connectivity index (χ0v) is 13.6. The number of aromatic nitrogens is 1. The summed E-state index contributed by atoms with van der Waals surface area (Å²) in [5, 5.41) is 0.773. The average Bonchev–Trinajstić information content (AvgIpc) is 2.77. The van der Waals surface area contributed by atoms with Gasteiger partial charge in [0, 0.05) is 40.5 Å². The molecule has 3 heterocycles. The van der Waals surface area contributed by atoms with Crippen LogP contribution in [0.25, 0.3) is 11.1 Å². The zero-order chi connectivity index (χ0) is 15.1. The van der Waals surface area contributed by atoms with Gasteiger partial charge in [-0.25, -0.2) is 0 Å². The molecule has 0 spiro atoms. The Bertz CT molecular complexity index is 636. The number of benzene rings is 1. The topological polar surface area (TPSA) is 16.1 Å². The third-order valence-corrected chi connectivity index (χ3v) is 5.73. The standard InChI is InChI=1S/C19H21ClN2/c1-22-17-7-8-18(22)11-15(10-17)19-9-4-14(12-21-19)13-2-5-16(20)6-3-13/h2-6,9,12,15,17-18H,7-8,10-11H2,1H3. The lowest BCUT2D eigenvalue weighted by atomic mass is 9.88. The van der Waals surface area contributed by atoms with Gasteiger partial charge >= 0.3 is 0 Å². The normalized spacial score (nSPS) is 28.0. The summed E-state index contributed by atoms with van der Waals surface area (Å²) in [5.74, 6) is 0.632. The molecule has 114 valence electrons. The van der Waals surface area contributed by atoms with Crippen molar-refractivity contribution in [1.82, 2.24) is 9.88 Å². The average molecular weight is 313 g/mol. The van der Waals surface area contributed by atoms with Gasteiger partial charge in [0.2, 0.25) is 0 Å². The van der Waals surface area contributed by atoms with Gasteiger partial charge < -0.3 is 4.90 Å². The fraction of sp³-hybridized carbons (Fsp3) is 0.421. The second-order valence-electron chi connectivity index (χ2n) is 6.70. The quantitative estimate of drug-likeness (QED) is 0.796. The molecule has 3 heteroatoms. The van der Waals surface area contributed by atoms with Crippen molar-refractivity contribution in [3.8, 4) is 11.1 Å². The van der Waals surface area contributed by atoms with Crippen LogP contribution in [0.5, 0.6) is 0 Å². The predicted octanol–water partition coefficient (Wildman–Crippen LogP) is 4.74. The lowest BCUT2D eigenvalue weighted by molar-refractivity contribution is 0.160. The van der Waals surface area contributed by atoms with E-state index in [1.165, 1.54) is 36.9 Å². The van der Waals surface area contributed by atoms with Gasteiger partial charge in [-0.1, -0.05) is 29.8 Å². The van der Waals surface area contributed by atoms with Crippen LogP contribution < -0.4 is 0 Å². The molecule has 22 heavy (non-hydrogen) atoms. The van der Waals surface area contributed by atoms with Crippen LogP contribution in [0.3, 0.4) is 0 Å². The van der Waals surface area contributed by atoms with Crippen molar-refractivity contribution in [3.63, 3.8) is 0 Å². The minimum absolute atomic E-state index is 0.632. The van der Waals surface area contributed by atoms with E-state index >= 15 is 0 Å². The first-order valence-corrected chi connectivity index (χ1v) is 8.52. The fourth-order valence-corrected chi connectivity index (χ4v) is 4.24. The molecule has 2 saturated heterocycles. The summed E-state index contributed by atoms with van der Waals surface area (Å²) in [6, 6.07) is 13.9. The van der Waals surface area contributed by atoms with Crippen LogP contribution in [-0.4, -0.2) is 29.0 Å². The van der Waals surface area contributed by atoms with Gasteiger partial charge in [0.25, 0.3) is 0 Å². The van der Waals surface area contributed by atoms with Gasteiger partial charge in [-0.3, -0.25) is 4.98 Å². The van der Waals surface area contributed by atoms with E-state index in [9.17, 15) is 0 Å². The number of halogens is 1. The molecule has 0 N–H and O–H groups in total. The Kier molecular flexibility index (Phi) is 3.67. The van der Waals surface area contributed by atoms with E-state index in [0.717, 1.165) is 22.7 Å². The highest BCUT2D eigenvalue weighted by molar-refractivity contribution is 6.30. The Morgan fingerprint density at radius 2 is 1.59 bits per heavy atom. The molecule has 0 saturated carbocycles. The lowest BCUT2D eigenvalue weighted by Gasteiger charge is -2.36. The van der Waals surface area contributed by atoms with E-state index in [0.29, 0.717) is 5.92 Å². The Hall–Kier alpha value is -1.38. The summed E-state index contributed by atoms with van der Waals surface area (Å²) in [5.41, 5.74) is 3.60. The molecule has 0 amide bonds. The number of fused-ring (bicyclic) bond motifs is 2. The van der Waals surface area contributed by atoms with Crippen molar-refractivity contribution in [3.05, 3.63) is 53.3 Å². The molecular weight excluding hydrogens is 292 g/mol. The molecule has 4 rings (SSSR count). The third kappa shape index (κ3) is 2.55. The Morgan fingerprint density at radius 3 is 2.18 bits per heavy atom. The number of pyridine rings is 1. The van der Waals surface area contributed by atoms with Crippen molar-refractivity contribution in [2.45, 2.75) is 43.7 Å². The van der Waals surface area contributed by atoms with E-state index in [1.807, 2.05) is 18.3 Å². The number of rotatable bonds is 2. The zero-order valence-electron chi connectivity index (χ0n) is 12.9. The molecule has 2 aliphatic rings. The maximum atomic E-state index is 5.95.